The Bertz CT molecular complexity index is 926. The molecule has 0 spiro atoms. The number of aromatic nitrogens is 4. The van der Waals surface area contributed by atoms with Gasteiger partial charge in [-0.3, -0.25) is 9.36 Å². The van der Waals surface area contributed by atoms with Crippen LogP contribution in [0.1, 0.15) is 32.6 Å². The fraction of sp³-hybridized carbons (Fsp3) is 0.412. The van der Waals surface area contributed by atoms with Crippen LogP contribution in [0.4, 0.5) is 0 Å². The number of benzene rings is 1. The molecule has 1 aromatic carbocycles. The van der Waals surface area contributed by atoms with Crippen molar-refractivity contribution in [2.24, 2.45) is 7.05 Å². The lowest BCUT2D eigenvalue weighted by Gasteiger charge is -2.17. The van der Waals surface area contributed by atoms with Crippen molar-refractivity contribution >= 4 is 11.0 Å². The predicted molar refractivity (Wildman–Crippen MR) is 89.8 cm³/mol. The number of hydrogen-bond donors (Lipinski definition) is 0. The molecular formula is C17H20N4O2. The molecule has 0 atom stereocenters. The number of nitrogens with zero attached hydrogens (tertiary/aromatic N) is 4. The lowest BCUT2D eigenvalue weighted by molar-refractivity contribution is 0.585. The van der Waals surface area contributed by atoms with Crippen LogP contribution in [0.2, 0.25) is 0 Å². The van der Waals surface area contributed by atoms with Crippen LogP contribution in [0.25, 0.3) is 22.6 Å². The highest BCUT2D eigenvalue weighted by atomic mass is 16.2. The van der Waals surface area contributed by atoms with E-state index in [4.69, 9.17) is 0 Å². The predicted octanol–water partition coefficient (Wildman–Crippen LogP) is 2.18. The maximum atomic E-state index is 12.4. The summed E-state index contributed by atoms with van der Waals surface area (Å²) >= 11 is 0. The second-order valence-corrected chi connectivity index (χ2v) is 5.74. The van der Waals surface area contributed by atoms with Crippen molar-refractivity contribution in [3.8, 4) is 11.5 Å². The SMILES string of the molecule is CCCCCCn1c2nc(=O)n(C)c(=O)c-2nc2ccccc21. The molecule has 120 valence electrons. The van der Waals surface area contributed by atoms with Gasteiger partial charge in [-0.15, -0.1) is 0 Å². The number of para-hydroxylation sites is 2. The largest absolute Gasteiger partial charge is 0.352 e. The minimum atomic E-state index is -0.540. The Kier molecular flexibility index (Phi) is 4.23. The van der Waals surface area contributed by atoms with Crippen LogP contribution < -0.4 is 11.2 Å². The summed E-state index contributed by atoms with van der Waals surface area (Å²) in [6.07, 6.45) is 4.42. The minimum Gasteiger partial charge on any atom is -0.322 e. The Balaban J connectivity index is 2.23. The summed E-state index contributed by atoms with van der Waals surface area (Å²) in [4.78, 5) is 32.8. The second kappa shape index (κ2) is 6.32. The molecule has 0 saturated heterocycles. The van der Waals surface area contributed by atoms with E-state index in [0.29, 0.717) is 5.82 Å². The van der Waals surface area contributed by atoms with E-state index < -0.39 is 11.2 Å². The molecule has 0 unspecified atom stereocenters. The van der Waals surface area contributed by atoms with E-state index in [1.807, 2.05) is 28.8 Å². The molecule has 2 aliphatic heterocycles. The topological polar surface area (TPSA) is 69.8 Å². The molecule has 6 nitrogen and oxygen atoms in total. The van der Waals surface area contributed by atoms with Crippen molar-refractivity contribution in [3.63, 3.8) is 0 Å². The van der Waals surface area contributed by atoms with Crippen molar-refractivity contribution in [1.29, 1.82) is 0 Å². The summed E-state index contributed by atoms with van der Waals surface area (Å²) in [6.45, 7) is 2.89. The molecule has 2 aliphatic rings. The first-order valence-electron chi connectivity index (χ1n) is 8.00. The van der Waals surface area contributed by atoms with Crippen molar-refractivity contribution in [2.75, 3.05) is 0 Å². The van der Waals surface area contributed by atoms with Gasteiger partial charge in [-0.05, 0) is 18.6 Å². The third-order valence-electron chi connectivity index (χ3n) is 4.10. The molecule has 1 aromatic rings. The number of unbranched alkanes of at least 4 members (excludes halogenated alkanes) is 3. The summed E-state index contributed by atoms with van der Waals surface area (Å²) in [6, 6.07) is 7.65. The highest BCUT2D eigenvalue weighted by Crippen LogP contribution is 2.21. The van der Waals surface area contributed by atoms with Crippen molar-refractivity contribution < 1.29 is 0 Å². The zero-order valence-electron chi connectivity index (χ0n) is 13.5. The summed E-state index contributed by atoms with van der Waals surface area (Å²) in [5.74, 6) is 0.383. The Labute approximate surface area is 133 Å². The average molecular weight is 312 g/mol. The summed E-state index contributed by atoms with van der Waals surface area (Å²) in [5.41, 5.74) is 0.959. The molecule has 23 heavy (non-hydrogen) atoms. The second-order valence-electron chi connectivity index (χ2n) is 5.74. The first-order chi connectivity index (χ1) is 11.1. The van der Waals surface area contributed by atoms with Gasteiger partial charge < -0.3 is 4.57 Å². The van der Waals surface area contributed by atoms with Crippen LogP contribution >= 0.6 is 0 Å². The lowest BCUT2D eigenvalue weighted by atomic mass is 10.2. The highest BCUT2D eigenvalue weighted by Gasteiger charge is 2.19. The lowest BCUT2D eigenvalue weighted by Crippen LogP contribution is -2.36. The zero-order valence-corrected chi connectivity index (χ0v) is 13.5. The first kappa shape index (κ1) is 15.4. The molecule has 0 fully saturated rings. The Morgan fingerprint density at radius 3 is 2.61 bits per heavy atom. The summed E-state index contributed by atoms with van der Waals surface area (Å²) in [5, 5.41) is 0. The molecule has 0 bridgehead atoms. The molecule has 0 radical (unpaired) electrons. The normalized spacial score (nSPS) is 11.4. The molecule has 0 saturated carbocycles. The number of fused-ring (bicyclic) bond motifs is 2. The molecule has 0 aromatic heterocycles. The van der Waals surface area contributed by atoms with E-state index in [1.165, 1.54) is 13.5 Å². The fourth-order valence-corrected chi connectivity index (χ4v) is 2.79. The monoisotopic (exact) mass is 312 g/mol. The first-order valence-corrected chi connectivity index (χ1v) is 8.00. The third-order valence-corrected chi connectivity index (χ3v) is 4.10. The van der Waals surface area contributed by atoms with E-state index >= 15 is 0 Å². The van der Waals surface area contributed by atoms with Gasteiger partial charge in [0.25, 0.3) is 5.56 Å². The Morgan fingerprint density at radius 2 is 1.83 bits per heavy atom. The number of aryl methyl sites for hydroxylation is 1. The maximum Gasteiger partial charge on any atom is 0.352 e. The Hall–Kier alpha value is -2.50. The van der Waals surface area contributed by atoms with E-state index in [-0.39, 0.29) is 5.69 Å². The fourth-order valence-electron chi connectivity index (χ4n) is 2.79. The van der Waals surface area contributed by atoms with Gasteiger partial charge in [0.15, 0.2) is 11.5 Å². The van der Waals surface area contributed by atoms with Gasteiger partial charge in [-0.2, -0.15) is 4.98 Å². The van der Waals surface area contributed by atoms with Crippen molar-refractivity contribution in [1.82, 2.24) is 19.1 Å². The van der Waals surface area contributed by atoms with Crippen LogP contribution in [-0.4, -0.2) is 19.1 Å². The van der Waals surface area contributed by atoms with Gasteiger partial charge in [0.05, 0.1) is 11.0 Å². The maximum absolute atomic E-state index is 12.4. The quantitative estimate of drug-likeness (QED) is 0.535. The molecule has 0 aliphatic carbocycles. The molecule has 6 heteroatoms. The van der Waals surface area contributed by atoms with E-state index in [9.17, 15) is 9.59 Å². The van der Waals surface area contributed by atoms with Gasteiger partial charge in [0.2, 0.25) is 0 Å². The van der Waals surface area contributed by atoms with E-state index in [0.717, 1.165) is 41.4 Å². The van der Waals surface area contributed by atoms with Gasteiger partial charge in [0.1, 0.15) is 0 Å². The third kappa shape index (κ3) is 2.76. The average Bonchev–Trinajstić information content (AvgIpc) is 2.57. The van der Waals surface area contributed by atoms with Gasteiger partial charge >= 0.3 is 5.69 Å². The van der Waals surface area contributed by atoms with Crippen molar-refractivity contribution in [3.05, 3.63) is 45.1 Å². The van der Waals surface area contributed by atoms with Gasteiger partial charge in [0, 0.05) is 13.6 Å². The van der Waals surface area contributed by atoms with Crippen LogP contribution in [0.3, 0.4) is 0 Å². The summed E-state index contributed by atoms with van der Waals surface area (Å²) < 4.78 is 2.96. The van der Waals surface area contributed by atoms with Gasteiger partial charge in [-0.1, -0.05) is 38.3 Å². The Morgan fingerprint density at radius 1 is 1.04 bits per heavy atom. The smallest absolute Gasteiger partial charge is 0.322 e. The van der Waals surface area contributed by atoms with Crippen LogP contribution in [0.15, 0.2) is 33.9 Å². The van der Waals surface area contributed by atoms with Crippen molar-refractivity contribution in [2.45, 2.75) is 39.2 Å². The molecule has 2 heterocycles. The number of rotatable bonds is 5. The molecule has 0 amide bonds. The standard InChI is InChI=1S/C17H20N4O2/c1-3-4-5-8-11-21-13-10-7-6-9-12(13)18-14-15(21)19-17(23)20(2)16(14)22/h6-7,9-10H,3-5,8,11H2,1-2H3. The van der Waals surface area contributed by atoms with Gasteiger partial charge in [-0.25, -0.2) is 9.78 Å². The minimum absolute atomic E-state index is 0.251. The number of hydrogen-bond acceptors (Lipinski definition) is 4. The highest BCUT2D eigenvalue weighted by molar-refractivity contribution is 5.79. The zero-order chi connectivity index (χ0) is 16.4. The molecular weight excluding hydrogens is 292 g/mol. The van der Waals surface area contributed by atoms with E-state index in [2.05, 4.69) is 16.9 Å². The molecule has 3 rings (SSSR count). The van der Waals surface area contributed by atoms with E-state index in [1.54, 1.807) is 0 Å². The van der Waals surface area contributed by atoms with Crippen LogP contribution in [0.5, 0.6) is 0 Å². The molecule has 0 N–H and O–H groups in total. The van der Waals surface area contributed by atoms with Crippen LogP contribution in [-0.2, 0) is 13.6 Å². The summed E-state index contributed by atoms with van der Waals surface area (Å²) in [7, 11) is 1.43. The van der Waals surface area contributed by atoms with Crippen LogP contribution in [0, 0.1) is 0 Å².